The Morgan fingerprint density at radius 2 is 2.32 bits per heavy atom. The van der Waals surface area contributed by atoms with Crippen molar-refractivity contribution in [2.75, 3.05) is 5.32 Å². The second-order valence-corrected chi connectivity index (χ2v) is 5.94. The van der Waals surface area contributed by atoms with Crippen LogP contribution in [0.4, 0.5) is 5.13 Å². The summed E-state index contributed by atoms with van der Waals surface area (Å²) in [5.74, 6) is -0.251. The summed E-state index contributed by atoms with van der Waals surface area (Å²) in [5, 5.41) is 7.72. The Balaban J connectivity index is 1.76. The summed E-state index contributed by atoms with van der Waals surface area (Å²) in [6.07, 6.45) is 1.56. The Morgan fingerprint density at radius 1 is 1.42 bits per heavy atom. The van der Waals surface area contributed by atoms with Gasteiger partial charge in [0.05, 0.1) is 15.6 Å². The summed E-state index contributed by atoms with van der Waals surface area (Å²) in [7, 11) is 0. The molecule has 0 unspecified atom stereocenters. The third-order valence-corrected chi connectivity index (χ3v) is 4.26. The van der Waals surface area contributed by atoms with Gasteiger partial charge in [-0.15, -0.1) is 22.7 Å². The van der Waals surface area contributed by atoms with Gasteiger partial charge in [0.1, 0.15) is 5.69 Å². The van der Waals surface area contributed by atoms with E-state index in [1.807, 2.05) is 22.9 Å². The lowest BCUT2D eigenvalue weighted by atomic mass is 10.4. The summed E-state index contributed by atoms with van der Waals surface area (Å²) in [6, 6.07) is 5.54. The lowest BCUT2D eigenvalue weighted by molar-refractivity contribution is 0.102. The molecule has 0 aliphatic heterocycles. The number of thiazole rings is 1. The van der Waals surface area contributed by atoms with E-state index in [9.17, 15) is 4.79 Å². The molecular formula is C12H8ClN3OS2. The monoisotopic (exact) mass is 309 g/mol. The van der Waals surface area contributed by atoms with Crippen LogP contribution in [0.5, 0.6) is 0 Å². The van der Waals surface area contributed by atoms with Gasteiger partial charge in [-0.25, -0.2) is 4.98 Å². The van der Waals surface area contributed by atoms with Gasteiger partial charge in [-0.3, -0.25) is 10.1 Å². The molecule has 3 aromatic heterocycles. The highest BCUT2D eigenvalue weighted by molar-refractivity contribution is 7.16. The van der Waals surface area contributed by atoms with E-state index < -0.39 is 0 Å². The highest BCUT2D eigenvalue weighted by Gasteiger charge is 2.11. The predicted molar refractivity (Wildman–Crippen MR) is 79.2 cm³/mol. The number of aromatic nitrogens is 2. The Hall–Kier alpha value is -1.63. The lowest BCUT2D eigenvalue weighted by Crippen LogP contribution is -2.11. The summed E-state index contributed by atoms with van der Waals surface area (Å²) in [4.78, 5) is 20.1. The fourth-order valence-corrected chi connectivity index (χ4v) is 3.16. The number of hydrogen-bond donors (Lipinski definition) is 2. The van der Waals surface area contributed by atoms with Gasteiger partial charge < -0.3 is 4.98 Å². The van der Waals surface area contributed by atoms with E-state index in [4.69, 9.17) is 11.6 Å². The van der Waals surface area contributed by atoms with Gasteiger partial charge in [0.15, 0.2) is 5.13 Å². The quantitative estimate of drug-likeness (QED) is 0.765. The summed E-state index contributed by atoms with van der Waals surface area (Å²) in [6.45, 7) is 0. The molecule has 0 saturated heterocycles. The topological polar surface area (TPSA) is 57.8 Å². The van der Waals surface area contributed by atoms with Crippen molar-refractivity contribution < 1.29 is 4.79 Å². The molecule has 0 spiro atoms. The normalized spacial score (nSPS) is 10.6. The Morgan fingerprint density at radius 3 is 3.00 bits per heavy atom. The van der Waals surface area contributed by atoms with Crippen LogP contribution in [0.15, 0.2) is 35.2 Å². The third-order valence-electron chi connectivity index (χ3n) is 2.39. The second kappa shape index (κ2) is 5.16. The Labute approximate surface area is 122 Å². The maximum Gasteiger partial charge on any atom is 0.273 e. The molecule has 3 rings (SSSR count). The zero-order valence-electron chi connectivity index (χ0n) is 9.51. The molecule has 3 heterocycles. The Kier molecular flexibility index (Phi) is 3.37. The number of carbonyl (C=O) groups is 1. The van der Waals surface area contributed by atoms with E-state index in [0.29, 0.717) is 15.8 Å². The number of thiophene rings is 1. The van der Waals surface area contributed by atoms with Crippen LogP contribution in [0.1, 0.15) is 10.5 Å². The number of nitrogens with zero attached hydrogens (tertiary/aromatic N) is 1. The van der Waals surface area contributed by atoms with Gasteiger partial charge in [0.25, 0.3) is 5.91 Å². The number of hydrogen-bond acceptors (Lipinski definition) is 4. The SMILES string of the molecule is O=C(Nc1nc(-c2cccs2)cs1)c1cc(Cl)c[nH]1. The van der Waals surface area contributed by atoms with Crippen LogP contribution in [0.2, 0.25) is 5.02 Å². The number of H-pyrrole nitrogens is 1. The summed E-state index contributed by atoms with van der Waals surface area (Å²) < 4.78 is 0. The molecule has 0 aliphatic rings. The molecule has 4 nitrogen and oxygen atoms in total. The van der Waals surface area contributed by atoms with Crippen LogP contribution >= 0.6 is 34.3 Å². The van der Waals surface area contributed by atoms with Crippen molar-refractivity contribution in [1.82, 2.24) is 9.97 Å². The van der Waals surface area contributed by atoms with E-state index >= 15 is 0 Å². The molecular weight excluding hydrogens is 302 g/mol. The molecule has 0 aliphatic carbocycles. The average Bonchev–Trinajstić information content (AvgIpc) is 3.07. The van der Waals surface area contributed by atoms with Gasteiger partial charge in [0.2, 0.25) is 0 Å². The van der Waals surface area contributed by atoms with Crippen LogP contribution < -0.4 is 5.32 Å². The van der Waals surface area contributed by atoms with Crippen LogP contribution in [0, 0.1) is 0 Å². The number of nitrogens with one attached hydrogen (secondary N) is 2. The van der Waals surface area contributed by atoms with Crippen molar-refractivity contribution in [3.8, 4) is 10.6 Å². The van der Waals surface area contributed by atoms with Crippen molar-refractivity contribution in [1.29, 1.82) is 0 Å². The zero-order chi connectivity index (χ0) is 13.2. The minimum Gasteiger partial charge on any atom is -0.356 e. The van der Waals surface area contributed by atoms with Crippen molar-refractivity contribution in [3.05, 3.63) is 45.9 Å². The summed E-state index contributed by atoms with van der Waals surface area (Å²) >= 11 is 8.77. The van der Waals surface area contributed by atoms with E-state index in [-0.39, 0.29) is 5.91 Å². The lowest BCUT2D eigenvalue weighted by Gasteiger charge is -1.97. The first-order valence-corrected chi connectivity index (χ1v) is 7.51. The van der Waals surface area contributed by atoms with E-state index in [1.54, 1.807) is 23.6 Å². The van der Waals surface area contributed by atoms with Crippen molar-refractivity contribution >= 4 is 45.3 Å². The first kappa shape index (κ1) is 12.4. The molecule has 96 valence electrons. The molecule has 0 aromatic carbocycles. The Bertz CT molecular complexity index is 702. The first-order chi connectivity index (χ1) is 9.22. The molecule has 7 heteroatoms. The molecule has 0 bridgehead atoms. The number of aromatic amines is 1. The van der Waals surface area contributed by atoms with Gasteiger partial charge in [-0.2, -0.15) is 0 Å². The molecule has 2 N–H and O–H groups in total. The van der Waals surface area contributed by atoms with Crippen molar-refractivity contribution in [3.63, 3.8) is 0 Å². The number of halogens is 1. The van der Waals surface area contributed by atoms with Crippen molar-refractivity contribution in [2.24, 2.45) is 0 Å². The molecule has 19 heavy (non-hydrogen) atoms. The molecule has 0 fully saturated rings. The average molecular weight is 310 g/mol. The zero-order valence-corrected chi connectivity index (χ0v) is 11.9. The van der Waals surface area contributed by atoms with E-state index in [0.717, 1.165) is 10.6 Å². The second-order valence-electron chi connectivity index (χ2n) is 3.70. The molecule has 3 aromatic rings. The van der Waals surface area contributed by atoms with Gasteiger partial charge >= 0.3 is 0 Å². The minimum absolute atomic E-state index is 0.251. The maximum atomic E-state index is 11.9. The number of carbonyl (C=O) groups excluding carboxylic acids is 1. The first-order valence-electron chi connectivity index (χ1n) is 5.37. The number of anilines is 1. The maximum absolute atomic E-state index is 11.9. The van der Waals surface area contributed by atoms with Crippen LogP contribution in [0.25, 0.3) is 10.6 Å². The van der Waals surface area contributed by atoms with Gasteiger partial charge in [-0.1, -0.05) is 17.7 Å². The van der Waals surface area contributed by atoms with Crippen LogP contribution in [0.3, 0.4) is 0 Å². The highest BCUT2D eigenvalue weighted by Crippen LogP contribution is 2.28. The van der Waals surface area contributed by atoms with Gasteiger partial charge in [-0.05, 0) is 17.5 Å². The standard InChI is InChI=1S/C12H8ClN3OS2/c13-7-4-8(14-5-7)11(17)16-12-15-9(6-19-12)10-2-1-3-18-10/h1-6,14H,(H,15,16,17). The molecule has 1 amide bonds. The smallest absolute Gasteiger partial charge is 0.273 e. The van der Waals surface area contributed by atoms with Gasteiger partial charge in [0, 0.05) is 11.6 Å². The number of rotatable bonds is 3. The summed E-state index contributed by atoms with van der Waals surface area (Å²) in [5.41, 5.74) is 1.29. The van der Waals surface area contributed by atoms with Crippen LogP contribution in [-0.2, 0) is 0 Å². The number of amides is 1. The van der Waals surface area contributed by atoms with E-state index in [2.05, 4.69) is 15.3 Å². The molecule has 0 saturated carbocycles. The van der Waals surface area contributed by atoms with Crippen molar-refractivity contribution in [2.45, 2.75) is 0 Å². The minimum atomic E-state index is -0.251. The van der Waals surface area contributed by atoms with Crippen LogP contribution in [-0.4, -0.2) is 15.9 Å². The fraction of sp³-hybridized carbons (Fsp3) is 0. The fourth-order valence-electron chi connectivity index (χ4n) is 1.53. The highest BCUT2D eigenvalue weighted by atomic mass is 35.5. The largest absolute Gasteiger partial charge is 0.356 e. The third kappa shape index (κ3) is 2.70. The van der Waals surface area contributed by atoms with E-state index in [1.165, 1.54) is 11.3 Å². The predicted octanol–water partition coefficient (Wildman–Crippen LogP) is 4.11. The molecule has 0 radical (unpaired) electrons. The molecule has 0 atom stereocenters.